The third-order valence-corrected chi connectivity index (χ3v) is 0.600. The van der Waals surface area contributed by atoms with Gasteiger partial charge in [0.05, 0.1) is 13.4 Å². The molecule has 0 saturated heterocycles. The van der Waals surface area contributed by atoms with Gasteiger partial charge in [-0.2, -0.15) is 0 Å². The molecule has 42 valence electrons. The van der Waals surface area contributed by atoms with Crippen LogP contribution in [0.4, 0.5) is 0 Å². The van der Waals surface area contributed by atoms with Gasteiger partial charge >= 0.3 is 0 Å². The molecule has 0 bridgehead atoms. The van der Waals surface area contributed by atoms with Gasteiger partial charge in [0.1, 0.15) is 0 Å². The fraction of sp³-hybridized carbons (Fsp3) is 0.667. The highest BCUT2D eigenvalue weighted by atomic mass is 16.5. The van der Waals surface area contributed by atoms with Crippen LogP contribution in [0.5, 0.6) is 0 Å². The highest BCUT2D eigenvalue weighted by Gasteiger charge is 1.79. The van der Waals surface area contributed by atoms with Crippen molar-refractivity contribution in [2.75, 3.05) is 7.11 Å². The van der Waals surface area contributed by atoms with E-state index in [1.54, 1.807) is 13.4 Å². The smallest absolute Gasteiger partial charge is 0.0787 e. The van der Waals surface area contributed by atoms with Gasteiger partial charge in [-0.3, -0.25) is 0 Å². The molecule has 0 unspecified atom stereocenters. The maximum absolute atomic E-state index is 4.67. The predicted octanol–water partition coefficient (Wildman–Crippen LogP) is 1.80. The summed E-state index contributed by atoms with van der Waals surface area (Å²) in [4.78, 5) is 0. The standard InChI is InChI=1S/C6H12O/c1-6(2)4-5-7-3/h4-6H,1-3H3. The SMILES string of the molecule is COC=CC(C)C. The van der Waals surface area contributed by atoms with Crippen molar-refractivity contribution in [1.29, 1.82) is 0 Å². The van der Waals surface area contributed by atoms with Crippen LogP contribution in [0.2, 0.25) is 0 Å². The average Bonchev–Trinajstić information content (AvgIpc) is 1.61. The minimum Gasteiger partial charge on any atom is -0.505 e. The van der Waals surface area contributed by atoms with Crippen LogP contribution < -0.4 is 0 Å². The Hall–Kier alpha value is -0.460. The number of methoxy groups -OCH3 is 1. The van der Waals surface area contributed by atoms with Crippen molar-refractivity contribution < 1.29 is 4.74 Å². The zero-order valence-corrected chi connectivity index (χ0v) is 5.14. The Morgan fingerprint density at radius 3 is 2.14 bits per heavy atom. The number of hydrogen-bond acceptors (Lipinski definition) is 1. The summed E-state index contributed by atoms with van der Waals surface area (Å²) < 4.78 is 4.67. The van der Waals surface area contributed by atoms with E-state index in [2.05, 4.69) is 18.6 Å². The minimum atomic E-state index is 0.597. The molecule has 0 amide bonds. The lowest BCUT2D eigenvalue weighted by molar-refractivity contribution is 0.335. The molecule has 0 aliphatic rings. The van der Waals surface area contributed by atoms with Crippen LogP contribution in [0.25, 0.3) is 0 Å². The second-order valence-electron chi connectivity index (χ2n) is 1.81. The summed E-state index contributed by atoms with van der Waals surface area (Å²) >= 11 is 0. The van der Waals surface area contributed by atoms with Gasteiger partial charge < -0.3 is 4.74 Å². The Labute approximate surface area is 45.0 Å². The molecule has 0 aliphatic heterocycles. The monoisotopic (exact) mass is 100 g/mol. The van der Waals surface area contributed by atoms with Crippen molar-refractivity contribution in [1.82, 2.24) is 0 Å². The molecule has 0 atom stereocenters. The Bertz CT molecular complexity index is 55.2. The summed E-state index contributed by atoms with van der Waals surface area (Å²) in [6, 6.07) is 0. The third-order valence-electron chi connectivity index (χ3n) is 0.600. The summed E-state index contributed by atoms with van der Waals surface area (Å²) in [5, 5.41) is 0. The summed E-state index contributed by atoms with van der Waals surface area (Å²) in [7, 11) is 1.65. The minimum absolute atomic E-state index is 0.597. The van der Waals surface area contributed by atoms with E-state index < -0.39 is 0 Å². The zero-order chi connectivity index (χ0) is 5.70. The highest BCUT2D eigenvalue weighted by Crippen LogP contribution is 1.91. The van der Waals surface area contributed by atoms with Gasteiger partial charge in [0, 0.05) is 0 Å². The third kappa shape index (κ3) is 5.54. The second kappa shape index (κ2) is 3.72. The average molecular weight is 100 g/mol. The quantitative estimate of drug-likeness (QED) is 0.481. The first-order valence-corrected chi connectivity index (χ1v) is 2.47. The number of hydrogen-bond donors (Lipinski definition) is 0. The maximum Gasteiger partial charge on any atom is 0.0787 e. The van der Waals surface area contributed by atoms with Crippen LogP contribution in [0.3, 0.4) is 0 Å². The molecule has 0 heterocycles. The molecule has 0 radical (unpaired) electrons. The van der Waals surface area contributed by atoms with E-state index in [-0.39, 0.29) is 0 Å². The molecular formula is C6H12O. The maximum atomic E-state index is 4.67. The van der Waals surface area contributed by atoms with Crippen molar-refractivity contribution in [2.24, 2.45) is 5.92 Å². The Morgan fingerprint density at radius 1 is 1.43 bits per heavy atom. The van der Waals surface area contributed by atoms with Crippen LogP contribution in [0.1, 0.15) is 13.8 Å². The van der Waals surface area contributed by atoms with Gasteiger partial charge in [0.25, 0.3) is 0 Å². The van der Waals surface area contributed by atoms with Crippen LogP contribution in [-0.2, 0) is 4.74 Å². The van der Waals surface area contributed by atoms with E-state index in [0.29, 0.717) is 5.92 Å². The largest absolute Gasteiger partial charge is 0.505 e. The molecule has 0 aromatic rings. The highest BCUT2D eigenvalue weighted by molar-refractivity contribution is 4.76. The van der Waals surface area contributed by atoms with Crippen LogP contribution in [-0.4, -0.2) is 7.11 Å². The summed E-state index contributed by atoms with van der Waals surface area (Å²) in [5.74, 6) is 0.597. The molecule has 0 fully saturated rings. The fourth-order valence-electron chi connectivity index (χ4n) is 0.236. The Kier molecular flexibility index (Phi) is 3.48. The summed E-state index contributed by atoms with van der Waals surface area (Å²) in [6.07, 6.45) is 3.70. The number of allylic oxidation sites excluding steroid dienone is 1. The summed E-state index contributed by atoms with van der Waals surface area (Å²) in [5.41, 5.74) is 0. The fourth-order valence-corrected chi connectivity index (χ4v) is 0.236. The van der Waals surface area contributed by atoms with Gasteiger partial charge in [-0.15, -0.1) is 0 Å². The number of rotatable bonds is 2. The van der Waals surface area contributed by atoms with Gasteiger partial charge in [0.2, 0.25) is 0 Å². The Morgan fingerprint density at radius 2 is 2.00 bits per heavy atom. The lowest BCUT2D eigenvalue weighted by Gasteiger charge is -1.90. The molecular weight excluding hydrogens is 88.1 g/mol. The summed E-state index contributed by atoms with van der Waals surface area (Å²) in [6.45, 7) is 4.21. The first kappa shape index (κ1) is 6.54. The van der Waals surface area contributed by atoms with E-state index in [9.17, 15) is 0 Å². The van der Waals surface area contributed by atoms with Gasteiger partial charge in [-0.1, -0.05) is 13.8 Å². The molecule has 0 aromatic carbocycles. The van der Waals surface area contributed by atoms with E-state index in [1.807, 2.05) is 6.08 Å². The van der Waals surface area contributed by atoms with Crippen LogP contribution in [0.15, 0.2) is 12.3 Å². The van der Waals surface area contributed by atoms with Crippen LogP contribution in [0, 0.1) is 5.92 Å². The van der Waals surface area contributed by atoms with Crippen molar-refractivity contribution in [3.05, 3.63) is 12.3 Å². The van der Waals surface area contributed by atoms with E-state index in [1.165, 1.54) is 0 Å². The molecule has 0 spiro atoms. The molecule has 0 saturated carbocycles. The topological polar surface area (TPSA) is 9.23 Å². The van der Waals surface area contributed by atoms with E-state index in [4.69, 9.17) is 0 Å². The zero-order valence-electron chi connectivity index (χ0n) is 5.14. The molecule has 0 aromatic heterocycles. The molecule has 7 heavy (non-hydrogen) atoms. The van der Waals surface area contributed by atoms with Crippen molar-refractivity contribution in [3.63, 3.8) is 0 Å². The normalized spacial score (nSPS) is 10.9. The van der Waals surface area contributed by atoms with Gasteiger partial charge in [0.15, 0.2) is 0 Å². The van der Waals surface area contributed by atoms with Gasteiger partial charge in [-0.25, -0.2) is 0 Å². The molecule has 0 N–H and O–H groups in total. The van der Waals surface area contributed by atoms with E-state index >= 15 is 0 Å². The lowest BCUT2D eigenvalue weighted by Crippen LogP contribution is -1.76. The first-order valence-electron chi connectivity index (χ1n) is 2.47. The second-order valence-corrected chi connectivity index (χ2v) is 1.81. The lowest BCUT2D eigenvalue weighted by atomic mass is 10.2. The first-order chi connectivity index (χ1) is 3.27. The molecule has 0 rings (SSSR count). The van der Waals surface area contributed by atoms with Crippen LogP contribution >= 0.6 is 0 Å². The molecule has 0 aliphatic carbocycles. The van der Waals surface area contributed by atoms with Crippen molar-refractivity contribution in [3.8, 4) is 0 Å². The predicted molar refractivity (Wildman–Crippen MR) is 31.0 cm³/mol. The van der Waals surface area contributed by atoms with Gasteiger partial charge in [-0.05, 0) is 12.0 Å². The van der Waals surface area contributed by atoms with Crippen molar-refractivity contribution in [2.45, 2.75) is 13.8 Å². The van der Waals surface area contributed by atoms with Crippen molar-refractivity contribution >= 4 is 0 Å². The Balaban J connectivity index is 3.08. The molecule has 1 nitrogen and oxygen atoms in total. The number of ether oxygens (including phenoxy) is 1. The molecule has 1 heteroatoms. The van der Waals surface area contributed by atoms with E-state index in [0.717, 1.165) is 0 Å².